The number of benzene rings is 2. The van der Waals surface area contributed by atoms with Crippen molar-refractivity contribution in [3.8, 4) is 0 Å². The summed E-state index contributed by atoms with van der Waals surface area (Å²) in [6.07, 6.45) is 5.09. The third-order valence-corrected chi connectivity index (χ3v) is 6.86. The lowest BCUT2D eigenvalue weighted by atomic mass is 10.00. The number of hydrazine groups is 1. The smallest absolute Gasteiger partial charge is 0.234 e. The Morgan fingerprint density at radius 3 is 2.77 bits per heavy atom. The number of nitrogens with zero attached hydrogens (tertiary/aromatic N) is 3. The average Bonchev–Trinajstić information content (AvgIpc) is 3.38. The molecule has 9 heteroatoms. The van der Waals surface area contributed by atoms with E-state index >= 15 is 0 Å². The number of amides is 1. The van der Waals surface area contributed by atoms with Crippen LogP contribution in [0.3, 0.4) is 0 Å². The van der Waals surface area contributed by atoms with E-state index in [1.165, 1.54) is 17.3 Å². The van der Waals surface area contributed by atoms with E-state index in [-0.39, 0.29) is 24.2 Å². The highest BCUT2D eigenvalue weighted by Crippen LogP contribution is 2.35. The van der Waals surface area contributed by atoms with Crippen molar-refractivity contribution < 1.29 is 4.79 Å². The zero-order chi connectivity index (χ0) is 20.5. The number of hydrogen-bond donors (Lipinski definition) is 3. The molecule has 1 saturated heterocycles. The van der Waals surface area contributed by atoms with Crippen LogP contribution in [0.5, 0.6) is 0 Å². The number of amidine groups is 1. The van der Waals surface area contributed by atoms with Gasteiger partial charge in [0.25, 0.3) is 0 Å². The van der Waals surface area contributed by atoms with E-state index in [1.54, 1.807) is 0 Å². The number of anilines is 1. The molecule has 0 saturated carbocycles. The highest BCUT2D eigenvalue weighted by Gasteiger charge is 2.44. The largest absolute Gasteiger partial charge is 0.325 e. The van der Waals surface area contributed by atoms with Crippen LogP contribution < -0.4 is 16.2 Å². The minimum absolute atomic E-state index is 0.0493. The minimum Gasteiger partial charge on any atom is -0.325 e. The van der Waals surface area contributed by atoms with Gasteiger partial charge in [-0.3, -0.25) is 10.2 Å². The standard InChI is InChI=1S/C21H21BrN6OS/c22-15-6-8-16(9-7-15)23-19(29)13-30-21-25-24-20-18-12-17(14-4-2-1-3-5-14)26-28(18)11-10-27(20)21/h1-11,17-18,20,24,26H,12-13H2,(H,23,29). The molecule has 1 fully saturated rings. The first-order valence-corrected chi connectivity index (χ1v) is 11.5. The molecule has 3 atom stereocenters. The number of hydrogen-bond acceptors (Lipinski definition) is 7. The SMILES string of the molecule is O=C(CSC1=NNC2C3CC(c4ccccc4)NN3C=CN12)Nc1ccc(Br)cc1. The summed E-state index contributed by atoms with van der Waals surface area (Å²) in [6.45, 7) is 0. The lowest BCUT2D eigenvalue weighted by Crippen LogP contribution is -2.54. The van der Waals surface area contributed by atoms with Gasteiger partial charge in [0.1, 0.15) is 6.17 Å². The van der Waals surface area contributed by atoms with Crippen LogP contribution in [-0.4, -0.2) is 38.9 Å². The molecule has 1 amide bonds. The van der Waals surface area contributed by atoms with Crippen molar-refractivity contribution in [1.82, 2.24) is 20.8 Å². The second-order valence-electron chi connectivity index (χ2n) is 7.32. The van der Waals surface area contributed by atoms with Gasteiger partial charge < -0.3 is 15.2 Å². The number of hydrazone groups is 1. The molecule has 3 N–H and O–H groups in total. The quantitative estimate of drug-likeness (QED) is 0.617. The Bertz CT molecular complexity index is 983. The van der Waals surface area contributed by atoms with E-state index in [2.05, 4.69) is 77.6 Å². The van der Waals surface area contributed by atoms with Crippen LogP contribution in [0.1, 0.15) is 18.0 Å². The summed E-state index contributed by atoms with van der Waals surface area (Å²) in [4.78, 5) is 14.4. The predicted molar refractivity (Wildman–Crippen MR) is 123 cm³/mol. The molecule has 154 valence electrons. The van der Waals surface area contributed by atoms with Gasteiger partial charge >= 0.3 is 0 Å². The Kier molecular flexibility index (Phi) is 5.41. The number of fused-ring (bicyclic) bond motifs is 3. The number of thioether (sulfide) groups is 1. The highest BCUT2D eigenvalue weighted by molar-refractivity contribution is 9.10. The van der Waals surface area contributed by atoms with Gasteiger partial charge in [-0.25, -0.2) is 5.43 Å². The molecule has 2 aromatic rings. The Hall–Kier alpha value is -2.49. The van der Waals surface area contributed by atoms with Crippen LogP contribution in [0, 0.1) is 0 Å². The number of nitrogens with one attached hydrogen (secondary N) is 3. The van der Waals surface area contributed by atoms with Crippen molar-refractivity contribution in [2.24, 2.45) is 5.10 Å². The van der Waals surface area contributed by atoms with Gasteiger partial charge in [0.15, 0.2) is 5.17 Å². The molecule has 0 aromatic heterocycles. The van der Waals surface area contributed by atoms with Crippen LogP contribution in [0.2, 0.25) is 0 Å². The third-order valence-electron chi connectivity index (χ3n) is 5.37. The van der Waals surface area contributed by atoms with E-state index in [0.717, 1.165) is 21.7 Å². The van der Waals surface area contributed by atoms with Crippen LogP contribution in [0.4, 0.5) is 5.69 Å². The number of carbonyl (C=O) groups is 1. The average molecular weight is 485 g/mol. The molecule has 0 radical (unpaired) electrons. The first-order valence-electron chi connectivity index (χ1n) is 9.75. The fourth-order valence-electron chi connectivity index (χ4n) is 3.91. The Labute approximate surface area is 187 Å². The van der Waals surface area contributed by atoms with Crippen LogP contribution in [0.15, 0.2) is 76.6 Å². The van der Waals surface area contributed by atoms with E-state index < -0.39 is 0 Å². The normalized spacial score (nSPS) is 24.2. The lowest BCUT2D eigenvalue weighted by Gasteiger charge is -2.36. The van der Waals surface area contributed by atoms with Crippen molar-refractivity contribution in [3.05, 3.63) is 77.0 Å². The summed E-state index contributed by atoms with van der Waals surface area (Å²) in [5, 5.41) is 10.4. The van der Waals surface area contributed by atoms with E-state index in [1.807, 2.05) is 36.5 Å². The summed E-state index contributed by atoms with van der Waals surface area (Å²) in [7, 11) is 0. The Morgan fingerprint density at radius 2 is 1.97 bits per heavy atom. The van der Waals surface area contributed by atoms with E-state index in [9.17, 15) is 4.79 Å². The monoisotopic (exact) mass is 484 g/mol. The molecular formula is C21H21BrN6OS. The van der Waals surface area contributed by atoms with Gasteiger partial charge in [-0.05, 0) is 36.2 Å². The topological polar surface area (TPSA) is 72.0 Å². The summed E-state index contributed by atoms with van der Waals surface area (Å²) < 4.78 is 0.981. The van der Waals surface area contributed by atoms with Crippen LogP contribution in [0.25, 0.3) is 0 Å². The number of halogens is 1. The maximum Gasteiger partial charge on any atom is 0.234 e. The lowest BCUT2D eigenvalue weighted by molar-refractivity contribution is -0.113. The highest BCUT2D eigenvalue weighted by atomic mass is 79.9. The van der Waals surface area contributed by atoms with Crippen molar-refractivity contribution in [1.29, 1.82) is 0 Å². The molecule has 5 rings (SSSR count). The molecule has 3 aliphatic heterocycles. The van der Waals surface area contributed by atoms with Gasteiger partial charge in [-0.2, -0.15) is 5.10 Å². The van der Waals surface area contributed by atoms with Gasteiger partial charge in [0.05, 0.1) is 17.8 Å². The predicted octanol–water partition coefficient (Wildman–Crippen LogP) is 3.43. The van der Waals surface area contributed by atoms with Crippen molar-refractivity contribution >= 4 is 44.5 Å². The van der Waals surface area contributed by atoms with Crippen LogP contribution >= 0.6 is 27.7 Å². The molecule has 3 aliphatic rings. The second kappa shape index (κ2) is 8.33. The molecule has 2 aromatic carbocycles. The molecule has 3 unspecified atom stereocenters. The molecule has 3 heterocycles. The molecule has 30 heavy (non-hydrogen) atoms. The third kappa shape index (κ3) is 3.92. The Balaban J connectivity index is 1.18. The van der Waals surface area contributed by atoms with Crippen molar-refractivity contribution in [2.45, 2.75) is 24.7 Å². The zero-order valence-electron chi connectivity index (χ0n) is 16.0. The summed E-state index contributed by atoms with van der Waals surface area (Å²) >= 11 is 4.83. The van der Waals surface area contributed by atoms with E-state index in [4.69, 9.17) is 0 Å². The molecule has 0 aliphatic carbocycles. The van der Waals surface area contributed by atoms with Gasteiger partial charge in [-0.1, -0.05) is 58.0 Å². The van der Waals surface area contributed by atoms with Crippen molar-refractivity contribution in [2.75, 3.05) is 11.1 Å². The number of rotatable bonds is 4. The Morgan fingerprint density at radius 1 is 1.17 bits per heavy atom. The fourth-order valence-corrected chi connectivity index (χ4v) is 4.95. The molecule has 0 spiro atoms. The number of carbonyl (C=O) groups excluding carboxylic acids is 1. The first kappa shape index (κ1) is 19.5. The van der Waals surface area contributed by atoms with Gasteiger partial charge in [0.2, 0.25) is 5.91 Å². The van der Waals surface area contributed by atoms with E-state index in [0.29, 0.717) is 5.75 Å². The summed E-state index contributed by atoms with van der Waals surface area (Å²) in [5.41, 5.74) is 8.89. The van der Waals surface area contributed by atoms with Gasteiger partial charge in [-0.15, -0.1) is 0 Å². The molecule has 0 bridgehead atoms. The van der Waals surface area contributed by atoms with Crippen LogP contribution in [-0.2, 0) is 4.79 Å². The van der Waals surface area contributed by atoms with Crippen molar-refractivity contribution in [3.63, 3.8) is 0 Å². The second-order valence-corrected chi connectivity index (χ2v) is 9.18. The minimum atomic E-state index is -0.0530. The summed E-state index contributed by atoms with van der Waals surface area (Å²) in [6, 6.07) is 18.6. The molecule has 7 nitrogen and oxygen atoms in total. The van der Waals surface area contributed by atoms with Gasteiger partial charge in [0, 0.05) is 22.6 Å². The fraction of sp³-hybridized carbons (Fsp3) is 0.238. The summed E-state index contributed by atoms with van der Waals surface area (Å²) in [5.74, 6) is 0.246. The first-order chi connectivity index (χ1) is 14.7. The molecular weight excluding hydrogens is 464 g/mol. The maximum absolute atomic E-state index is 12.3. The zero-order valence-corrected chi connectivity index (χ0v) is 18.4. The maximum atomic E-state index is 12.3.